The predicted octanol–water partition coefficient (Wildman–Crippen LogP) is 3.51. The number of hydrogen-bond donors (Lipinski definition) is 0. The van der Waals surface area contributed by atoms with E-state index in [0.717, 1.165) is 11.2 Å². The Morgan fingerprint density at radius 1 is 1.14 bits per heavy atom. The summed E-state index contributed by atoms with van der Waals surface area (Å²) >= 11 is 6.21. The number of nitriles is 1. The van der Waals surface area contributed by atoms with Crippen molar-refractivity contribution in [3.05, 3.63) is 64.8 Å². The topological polar surface area (TPSA) is 73.1 Å². The number of amides is 1. The van der Waals surface area contributed by atoms with Gasteiger partial charge in [-0.25, -0.2) is 0 Å². The van der Waals surface area contributed by atoms with E-state index in [9.17, 15) is 4.79 Å². The van der Waals surface area contributed by atoms with Crippen molar-refractivity contribution in [2.45, 2.75) is 13.0 Å². The summed E-state index contributed by atoms with van der Waals surface area (Å²) in [6.07, 6.45) is 0. The van der Waals surface area contributed by atoms with E-state index in [1.807, 2.05) is 41.3 Å². The molecule has 0 spiro atoms. The van der Waals surface area contributed by atoms with Crippen LogP contribution in [0.1, 0.15) is 22.8 Å². The molecule has 4 rings (SSSR count). The highest BCUT2D eigenvalue weighted by atomic mass is 35.5. The molecule has 2 aromatic carbocycles. The second kappa shape index (κ2) is 7.45. The molecular weight excluding hydrogens is 374 g/mol. The van der Waals surface area contributed by atoms with E-state index in [0.29, 0.717) is 36.1 Å². The third-order valence-electron chi connectivity index (χ3n) is 5.05. The van der Waals surface area contributed by atoms with E-state index in [2.05, 4.69) is 28.1 Å². The zero-order valence-electron chi connectivity index (χ0n) is 15.3. The molecule has 1 aliphatic heterocycles. The number of piperazine rings is 1. The lowest BCUT2D eigenvalue weighted by Gasteiger charge is -2.40. The minimum atomic E-state index is 0.0396. The maximum atomic E-state index is 12.7. The number of hydrogen-bond acceptors (Lipinski definition) is 5. The average Bonchev–Trinajstić information content (AvgIpc) is 2.74. The molecule has 1 unspecified atom stereocenters. The van der Waals surface area contributed by atoms with Crippen LogP contribution in [0.15, 0.2) is 48.5 Å². The maximum Gasteiger partial charge on any atom is 0.253 e. The first kappa shape index (κ1) is 18.2. The molecule has 1 fully saturated rings. The highest BCUT2D eigenvalue weighted by Gasteiger charge is 2.29. The average molecular weight is 392 g/mol. The summed E-state index contributed by atoms with van der Waals surface area (Å²) in [7, 11) is 0. The third kappa shape index (κ3) is 3.25. The summed E-state index contributed by atoms with van der Waals surface area (Å²) in [5, 5.41) is 19.4. The molecule has 6 nitrogen and oxygen atoms in total. The number of halogens is 1. The molecule has 0 bridgehead atoms. The van der Waals surface area contributed by atoms with Crippen LogP contribution in [-0.4, -0.2) is 46.7 Å². The van der Waals surface area contributed by atoms with Crippen LogP contribution in [-0.2, 0) is 0 Å². The van der Waals surface area contributed by atoms with Gasteiger partial charge in [-0.05, 0) is 37.3 Å². The Bertz CT molecular complexity index is 1080. The van der Waals surface area contributed by atoms with Gasteiger partial charge >= 0.3 is 0 Å². The van der Waals surface area contributed by atoms with Crippen LogP contribution in [0.3, 0.4) is 0 Å². The van der Waals surface area contributed by atoms with E-state index in [4.69, 9.17) is 16.9 Å². The minimum Gasteiger partial charge on any atom is -0.348 e. The first-order chi connectivity index (χ1) is 13.6. The van der Waals surface area contributed by atoms with Gasteiger partial charge in [0.2, 0.25) is 0 Å². The molecule has 1 atom stereocenters. The van der Waals surface area contributed by atoms with E-state index in [1.165, 1.54) is 0 Å². The molecule has 1 amide bonds. The van der Waals surface area contributed by atoms with Gasteiger partial charge in [-0.2, -0.15) is 5.26 Å². The van der Waals surface area contributed by atoms with Crippen molar-refractivity contribution in [3.8, 4) is 6.07 Å². The number of benzene rings is 2. The number of anilines is 1. The molecule has 1 aromatic heterocycles. The van der Waals surface area contributed by atoms with Gasteiger partial charge in [-0.3, -0.25) is 4.79 Å². The van der Waals surface area contributed by atoms with Crippen molar-refractivity contribution in [1.29, 1.82) is 5.26 Å². The second-order valence-corrected chi connectivity index (χ2v) is 7.20. The van der Waals surface area contributed by atoms with Crippen molar-refractivity contribution in [2.75, 3.05) is 24.5 Å². The lowest BCUT2D eigenvalue weighted by molar-refractivity contribution is 0.0726. The normalized spacial score (nSPS) is 16.8. The number of nitrogens with zero attached hydrogens (tertiary/aromatic N) is 5. The molecule has 140 valence electrons. The van der Waals surface area contributed by atoms with Crippen LogP contribution in [0, 0.1) is 11.3 Å². The van der Waals surface area contributed by atoms with Gasteiger partial charge in [-0.15, -0.1) is 10.2 Å². The Balaban J connectivity index is 1.61. The van der Waals surface area contributed by atoms with E-state index >= 15 is 0 Å². The number of carbonyl (C=O) groups excluding carboxylic acids is 1. The van der Waals surface area contributed by atoms with Crippen LogP contribution >= 0.6 is 11.6 Å². The van der Waals surface area contributed by atoms with Gasteiger partial charge in [0.25, 0.3) is 5.91 Å². The fourth-order valence-corrected chi connectivity index (χ4v) is 3.80. The van der Waals surface area contributed by atoms with Gasteiger partial charge in [0.1, 0.15) is 0 Å². The van der Waals surface area contributed by atoms with Crippen LogP contribution in [0.5, 0.6) is 0 Å². The van der Waals surface area contributed by atoms with E-state index in [-0.39, 0.29) is 17.1 Å². The monoisotopic (exact) mass is 391 g/mol. The largest absolute Gasteiger partial charge is 0.348 e. The summed E-state index contributed by atoms with van der Waals surface area (Å²) in [6.45, 7) is 3.90. The van der Waals surface area contributed by atoms with Crippen molar-refractivity contribution in [1.82, 2.24) is 15.1 Å². The van der Waals surface area contributed by atoms with Crippen LogP contribution in [0.25, 0.3) is 10.8 Å². The quantitative estimate of drug-likeness (QED) is 0.668. The molecule has 0 N–H and O–H groups in total. The number of rotatable bonds is 2. The van der Waals surface area contributed by atoms with Gasteiger partial charge < -0.3 is 9.80 Å². The van der Waals surface area contributed by atoms with Crippen molar-refractivity contribution >= 4 is 34.1 Å². The number of carbonyl (C=O) groups is 1. The molecule has 28 heavy (non-hydrogen) atoms. The third-order valence-corrected chi connectivity index (χ3v) is 5.33. The van der Waals surface area contributed by atoms with Crippen LogP contribution in [0.4, 0.5) is 5.82 Å². The number of fused-ring (bicyclic) bond motifs is 1. The van der Waals surface area contributed by atoms with Crippen molar-refractivity contribution in [3.63, 3.8) is 0 Å². The second-order valence-electron chi connectivity index (χ2n) is 6.85. The number of aromatic nitrogens is 2. The Morgan fingerprint density at radius 3 is 2.64 bits per heavy atom. The minimum absolute atomic E-state index is 0.0396. The van der Waals surface area contributed by atoms with Gasteiger partial charge in [0.15, 0.2) is 11.0 Å². The smallest absolute Gasteiger partial charge is 0.253 e. The Morgan fingerprint density at radius 2 is 1.93 bits per heavy atom. The lowest BCUT2D eigenvalue weighted by atomic mass is 10.1. The fraction of sp³-hybridized carbons (Fsp3) is 0.238. The summed E-state index contributed by atoms with van der Waals surface area (Å²) < 4.78 is 0. The zero-order chi connectivity index (χ0) is 19.7. The maximum absolute atomic E-state index is 12.7. The van der Waals surface area contributed by atoms with Crippen LogP contribution < -0.4 is 4.90 Å². The van der Waals surface area contributed by atoms with Crippen molar-refractivity contribution < 1.29 is 4.79 Å². The van der Waals surface area contributed by atoms with Gasteiger partial charge in [-0.1, -0.05) is 29.8 Å². The molecule has 2 heterocycles. The molecule has 7 heteroatoms. The fourth-order valence-electron chi connectivity index (χ4n) is 3.61. The summed E-state index contributed by atoms with van der Waals surface area (Å²) in [5.74, 6) is 0.765. The lowest BCUT2D eigenvalue weighted by Crippen LogP contribution is -2.54. The van der Waals surface area contributed by atoms with Gasteiger partial charge in [0, 0.05) is 42.0 Å². The van der Waals surface area contributed by atoms with Crippen LogP contribution in [0.2, 0.25) is 5.15 Å². The first-order valence-electron chi connectivity index (χ1n) is 9.05. The highest BCUT2D eigenvalue weighted by Crippen LogP contribution is 2.31. The van der Waals surface area contributed by atoms with E-state index < -0.39 is 0 Å². The molecule has 0 aliphatic carbocycles. The predicted molar refractivity (Wildman–Crippen MR) is 108 cm³/mol. The molecular formula is C21H18ClN5O. The summed E-state index contributed by atoms with van der Waals surface area (Å²) in [6, 6.07) is 16.9. The van der Waals surface area contributed by atoms with E-state index in [1.54, 1.807) is 12.1 Å². The first-order valence-corrected chi connectivity index (χ1v) is 9.43. The molecule has 0 saturated carbocycles. The molecule has 3 aromatic rings. The highest BCUT2D eigenvalue weighted by molar-refractivity contribution is 6.34. The molecule has 1 saturated heterocycles. The SMILES string of the molecule is CC1CN(C(=O)c2ccccc2)CCN1c1nnc(Cl)c2cc(C#N)ccc12. The standard InChI is InChI=1S/C21H18ClN5O/c1-14-13-26(21(28)16-5-3-2-4-6-16)9-10-27(14)20-17-8-7-15(12-23)11-18(17)19(22)24-25-20/h2-8,11,14H,9-10,13H2,1H3. The van der Waals surface area contributed by atoms with Gasteiger partial charge in [0.05, 0.1) is 11.6 Å². The molecule has 0 radical (unpaired) electrons. The Labute approximate surface area is 168 Å². The van der Waals surface area contributed by atoms with Crippen molar-refractivity contribution in [2.24, 2.45) is 0 Å². The Hall–Kier alpha value is -3.17. The zero-order valence-corrected chi connectivity index (χ0v) is 16.1. The Kier molecular flexibility index (Phi) is 4.84. The summed E-state index contributed by atoms with van der Waals surface area (Å²) in [5.41, 5.74) is 1.23. The molecule has 1 aliphatic rings. The summed E-state index contributed by atoms with van der Waals surface area (Å²) in [4.78, 5) is 16.8.